The number of aromatic nitrogens is 1. The molecule has 13 heteroatoms. The van der Waals surface area contributed by atoms with Gasteiger partial charge in [0.15, 0.2) is 6.17 Å². The van der Waals surface area contributed by atoms with Crippen LogP contribution in [0.1, 0.15) is 83.1 Å². The summed E-state index contributed by atoms with van der Waals surface area (Å²) < 4.78 is 0. The maximum atomic E-state index is 13.6. The third kappa shape index (κ3) is 7.89. The van der Waals surface area contributed by atoms with Gasteiger partial charge < -0.3 is 25.1 Å². The summed E-state index contributed by atoms with van der Waals surface area (Å²) in [5.41, 5.74) is 5.23. The Kier molecular flexibility index (Phi) is 10.7. The van der Waals surface area contributed by atoms with Crippen LogP contribution in [0, 0.1) is 5.92 Å². The molecule has 55 heavy (non-hydrogen) atoms. The fraction of sp³-hybridized carbons (Fsp3) is 0.524. The fourth-order valence-corrected chi connectivity index (χ4v) is 9.27. The summed E-state index contributed by atoms with van der Waals surface area (Å²) in [6.07, 6.45) is 11.8. The van der Waals surface area contributed by atoms with Crippen molar-refractivity contribution in [2.24, 2.45) is 15.9 Å². The molecule has 3 saturated heterocycles. The maximum Gasteiger partial charge on any atom is 0.259 e. The zero-order valence-electron chi connectivity index (χ0n) is 32.0. The van der Waals surface area contributed by atoms with E-state index in [0.717, 1.165) is 99.8 Å². The van der Waals surface area contributed by atoms with Crippen LogP contribution in [0.5, 0.6) is 0 Å². The Morgan fingerprint density at radius 2 is 1.60 bits per heavy atom. The van der Waals surface area contributed by atoms with Gasteiger partial charge >= 0.3 is 0 Å². The van der Waals surface area contributed by atoms with Gasteiger partial charge in [-0.15, -0.1) is 0 Å². The molecule has 13 nitrogen and oxygen atoms in total. The second-order valence-corrected chi connectivity index (χ2v) is 15.9. The number of carbonyl (C=O) groups is 3. The van der Waals surface area contributed by atoms with Crippen molar-refractivity contribution in [1.82, 2.24) is 20.1 Å². The van der Waals surface area contributed by atoms with Gasteiger partial charge in [-0.2, -0.15) is 0 Å². The van der Waals surface area contributed by atoms with E-state index in [0.29, 0.717) is 30.2 Å². The minimum Gasteiger partial charge on any atom is -0.512 e. The Morgan fingerprint density at radius 3 is 2.27 bits per heavy atom. The van der Waals surface area contributed by atoms with E-state index in [-0.39, 0.29) is 35.4 Å². The number of anilines is 3. The Balaban J connectivity index is 0.790. The molecule has 2 atom stereocenters. The fourth-order valence-electron chi connectivity index (χ4n) is 9.27. The number of carbonyl (C=O) groups excluding carboxylic acids is 3. The average Bonchev–Trinajstić information content (AvgIpc) is 3.73. The third-order valence-electron chi connectivity index (χ3n) is 12.5. The zero-order chi connectivity index (χ0) is 38.1. The van der Waals surface area contributed by atoms with Crippen LogP contribution in [-0.4, -0.2) is 108 Å². The van der Waals surface area contributed by atoms with Crippen molar-refractivity contribution in [3.05, 3.63) is 70.6 Å². The average molecular weight is 748 g/mol. The molecule has 2 unspecified atom stereocenters. The van der Waals surface area contributed by atoms with E-state index in [1.807, 2.05) is 36.2 Å². The molecule has 0 spiro atoms. The molecule has 1 aromatic carbocycles. The Bertz CT molecular complexity index is 1890. The molecule has 2 aromatic rings. The Hall–Kier alpha value is -5.04. The van der Waals surface area contributed by atoms with Gasteiger partial charge in [0, 0.05) is 69.2 Å². The van der Waals surface area contributed by atoms with Crippen molar-refractivity contribution in [2.75, 3.05) is 60.9 Å². The van der Waals surface area contributed by atoms with E-state index in [1.165, 1.54) is 24.9 Å². The van der Waals surface area contributed by atoms with E-state index in [4.69, 9.17) is 9.98 Å². The summed E-state index contributed by atoms with van der Waals surface area (Å²) in [5.74, 6) is 1.07. The highest BCUT2D eigenvalue weighted by Crippen LogP contribution is 2.37. The van der Waals surface area contributed by atoms with Crippen molar-refractivity contribution < 1.29 is 19.5 Å². The predicted octanol–water partition coefficient (Wildman–Crippen LogP) is 5.14. The van der Waals surface area contributed by atoms with Crippen LogP contribution in [0.2, 0.25) is 0 Å². The summed E-state index contributed by atoms with van der Waals surface area (Å²) in [6.45, 7) is 10.7. The van der Waals surface area contributed by atoms with Gasteiger partial charge in [0.25, 0.3) is 5.91 Å². The molecule has 3 amide bonds. The van der Waals surface area contributed by atoms with Crippen molar-refractivity contribution in [3.63, 3.8) is 0 Å². The summed E-state index contributed by atoms with van der Waals surface area (Å²) in [6, 6.07) is 12.5. The standard InChI is InChI=1S/C42H53N9O4/c1-27-35-26-44-42(47-39(35)51(32-5-3-4-6-32)41(55)38(27)28(2)52)45-36-13-11-33(25-43-36)49-19-16-29(17-20-49)15-18-48-21-23-50(24-22-48)31-9-7-30(8-10-31)34-12-14-37(53)46-40(34)54/h7-11,13,25-26,29,32,34,39,52H,3-6,12,14-24H2,1-2H3,(H,43,45,47)(H,46,53,54)/b38-28+. The van der Waals surface area contributed by atoms with E-state index in [2.05, 4.69) is 48.5 Å². The van der Waals surface area contributed by atoms with Crippen LogP contribution < -0.4 is 20.4 Å². The molecular formula is C42H53N9O4. The molecule has 1 saturated carbocycles. The smallest absolute Gasteiger partial charge is 0.259 e. The second-order valence-electron chi connectivity index (χ2n) is 15.9. The van der Waals surface area contributed by atoms with E-state index in [9.17, 15) is 19.5 Å². The number of hydrogen-bond donors (Lipinski definition) is 3. The highest BCUT2D eigenvalue weighted by molar-refractivity contribution is 6.09. The largest absolute Gasteiger partial charge is 0.512 e. The lowest BCUT2D eigenvalue weighted by atomic mass is 9.90. The van der Waals surface area contributed by atoms with Crippen molar-refractivity contribution in [3.8, 4) is 0 Å². The van der Waals surface area contributed by atoms with Crippen LogP contribution in [0.4, 0.5) is 17.2 Å². The highest BCUT2D eigenvalue weighted by Gasteiger charge is 2.42. The van der Waals surface area contributed by atoms with Gasteiger partial charge in [-0.25, -0.2) is 15.0 Å². The molecule has 3 N–H and O–H groups in total. The number of amides is 3. The zero-order valence-corrected chi connectivity index (χ0v) is 32.0. The number of piperazine rings is 1. The molecule has 1 aromatic heterocycles. The minimum absolute atomic E-state index is 0.0345. The first kappa shape index (κ1) is 36.9. The molecule has 290 valence electrons. The number of rotatable bonds is 8. The number of nitrogens with zero attached hydrogens (tertiary/aromatic N) is 7. The van der Waals surface area contributed by atoms with E-state index in [1.54, 1.807) is 13.1 Å². The molecule has 4 fully saturated rings. The van der Waals surface area contributed by atoms with Crippen molar-refractivity contribution in [1.29, 1.82) is 0 Å². The number of imide groups is 1. The second kappa shape index (κ2) is 16.0. The van der Waals surface area contributed by atoms with Gasteiger partial charge in [-0.05, 0) is 100 Å². The summed E-state index contributed by atoms with van der Waals surface area (Å²) in [7, 11) is 0. The number of benzene rings is 1. The lowest BCUT2D eigenvalue weighted by molar-refractivity contribution is -0.134. The van der Waals surface area contributed by atoms with Crippen LogP contribution in [0.3, 0.4) is 0 Å². The highest BCUT2D eigenvalue weighted by atomic mass is 16.3. The van der Waals surface area contributed by atoms with Crippen LogP contribution >= 0.6 is 0 Å². The first-order valence-electron chi connectivity index (χ1n) is 20.2. The lowest BCUT2D eigenvalue weighted by Gasteiger charge is -2.40. The monoisotopic (exact) mass is 747 g/mol. The maximum absolute atomic E-state index is 13.6. The van der Waals surface area contributed by atoms with Gasteiger partial charge in [-0.1, -0.05) is 25.0 Å². The van der Waals surface area contributed by atoms with E-state index < -0.39 is 6.17 Å². The van der Waals surface area contributed by atoms with Crippen molar-refractivity contribution in [2.45, 2.75) is 89.8 Å². The lowest BCUT2D eigenvalue weighted by Crippen LogP contribution is -2.51. The van der Waals surface area contributed by atoms with Crippen LogP contribution in [-0.2, 0) is 14.4 Å². The summed E-state index contributed by atoms with van der Waals surface area (Å²) >= 11 is 0. The van der Waals surface area contributed by atoms with Gasteiger partial charge in [0.2, 0.25) is 17.8 Å². The number of pyridine rings is 1. The predicted molar refractivity (Wildman–Crippen MR) is 214 cm³/mol. The Labute approximate surface area is 323 Å². The van der Waals surface area contributed by atoms with E-state index >= 15 is 0 Å². The third-order valence-corrected chi connectivity index (χ3v) is 12.5. The molecule has 0 radical (unpaired) electrons. The number of aliphatic hydroxyl groups is 1. The van der Waals surface area contributed by atoms with Gasteiger partial charge in [-0.3, -0.25) is 24.6 Å². The normalized spacial score (nSPS) is 25.3. The number of aliphatic imine (C=N–C) groups is 2. The number of hydrogen-bond acceptors (Lipinski definition) is 11. The first-order valence-corrected chi connectivity index (χ1v) is 20.2. The molecule has 1 aliphatic carbocycles. The van der Waals surface area contributed by atoms with Gasteiger partial charge in [0.05, 0.1) is 23.4 Å². The molecule has 8 rings (SSSR count). The van der Waals surface area contributed by atoms with Crippen LogP contribution in [0.25, 0.3) is 0 Å². The number of guanidine groups is 1. The number of allylic oxidation sites excluding steroid dienone is 1. The minimum atomic E-state index is -0.470. The SMILES string of the molecule is CC1=C2C=NC(Nc3ccc(N4CCC(CCN5CCN(c6ccc(C7CCC(=O)NC7=O)cc6)CC5)CC4)cn3)=NC2N(C2CCCC2)C(=O)/C1=C(\C)O. The number of fused-ring (bicyclic) bond motifs is 1. The summed E-state index contributed by atoms with van der Waals surface area (Å²) in [5, 5.41) is 16.1. The molecule has 0 bridgehead atoms. The summed E-state index contributed by atoms with van der Waals surface area (Å²) in [4.78, 5) is 60.9. The molecule has 5 aliphatic heterocycles. The first-order chi connectivity index (χ1) is 26.7. The molecule has 6 aliphatic rings. The Morgan fingerprint density at radius 1 is 0.891 bits per heavy atom. The topological polar surface area (TPSA) is 146 Å². The van der Waals surface area contributed by atoms with Gasteiger partial charge in [0.1, 0.15) is 11.6 Å². The number of nitrogens with one attached hydrogen (secondary N) is 2. The molecule has 6 heterocycles. The molecular weight excluding hydrogens is 695 g/mol. The number of aliphatic hydroxyl groups excluding tert-OH is 1. The number of piperidine rings is 2. The quantitative estimate of drug-likeness (QED) is 0.190. The van der Waals surface area contributed by atoms with Crippen molar-refractivity contribution >= 4 is 47.1 Å². The van der Waals surface area contributed by atoms with Crippen LogP contribution in [0.15, 0.2) is 75.1 Å².